The van der Waals surface area contributed by atoms with E-state index in [9.17, 15) is 9.90 Å². The SMILES string of the molecule is Cc1ncc(-c2ccc(OCc3ccccc3Cl)cn2)c(N2CCC(C)(C)CC2)c1CC(=O)OCC(C)(C)O. The molecule has 2 aromatic heterocycles. The number of anilines is 1. The Balaban J connectivity index is 1.63. The maximum Gasteiger partial charge on any atom is 0.310 e. The number of ether oxygens (including phenoxy) is 2. The van der Waals surface area contributed by atoms with Gasteiger partial charge in [-0.15, -0.1) is 0 Å². The molecule has 0 unspecified atom stereocenters. The van der Waals surface area contributed by atoms with Crippen LogP contribution in [-0.4, -0.2) is 46.3 Å². The topological polar surface area (TPSA) is 84.8 Å². The van der Waals surface area contributed by atoms with E-state index in [1.54, 1.807) is 20.0 Å². The quantitative estimate of drug-likeness (QED) is 0.318. The number of pyridine rings is 2. The fraction of sp³-hybridized carbons (Fsp3) is 0.452. The second kappa shape index (κ2) is 11.9. The number of carbonyl (C=O) groups excluding carboxylic acids is 1. The molecule has 208 valence electrons. The van der Waals surface area contributed by atoms with Gasteiger partial charge in [-0.1, -0.05) is 43.6 Å². The molecule has 4 rings (SSSR count). The molecule has 8 heteroatoms. The second-order valence-corrected chi connectivity index (χ2v) is 12.1. The molecule has 39 heavy (non-hydrogen) atoms. The fourth-order valence-corrected chi connectivity index (χ4v) is 4.77. The standard InChI is InChI=1S/C31H38ClN3O4/c1-21-24(16-28(36)39-20-31(4,5)37)29(35-14-12-30(2,3)13-15-35)25(18-33-21)27-11-10-23(17-34-27)38-19-22-8-6-7-9-26(22)32/h6-11,17-18,37H,12-16,19-20H2,1-5H3. The van der Waals surface area contributed by atoms with Crippen molar-refractivity contribution in [2.75, 3.05) is 24.6 Å². The first-order chi connectivity index (χ1) is 18.4. The molecule has 0 saturated carbocycles. The highest BCUT2D eigenvalue weighted by Crippen LogP contribution is 2.39. The molecule has 1 aliphatic heterocycles. The molecule has 7 nitrogen and oxygen atoms in total. The van der Waals surface area contributed by atoms with Crippen LogP contribution < -0.4 is 9.64 Å². The van der Waals surface area contributed by atoms with Gasteiger partial charge in [0, 0.05) is 46.7 Å². The molecule has 1 fully saturated rings. The lowest BCUT2D eigenvalue weighted by molar-refractivity contribution is -0.149. The summed E-state index contributed by atoms with van der Waals surface area (Å²) in [5.41, 5.74) is 4.27. The van der Waals surface area contributed by atoms with Gasteiger partial charge in [-0.3, -0.25) is 14.8 Å². The van der Waals surface area contributed by atoms with Crippen LogP contribution >= 0.6 is 11.6 Å². The van der Waals surface area contributed by atoms with E-state index in [1.807, 2.05) is 49.5 Å². The first kappa shape index (κ1) is 28.8. The number of carbonyl (C=O) groups is 1. The Kier molecular flexibility index (Phi) is 8.82. The summed E-state index contributed by atoms with van der Waals surface area (Å²) in [7, 11) is 0. The lowest BCUT2D eigenvalue weighted by atomic mass is 9.82. The summed E-state index contributed by atoms with van der Waals surface area (Å²) in [5, 5.41) is 10.7. The van der Waals surface area contributed by atoms with Gasteiger partial charge >= 0.3 is 5.97 Å². The van der Waals surface area contributed by atoms with Crippen LogP contribution in [0.25, 0.3) is 11.3 Å². The summed E-state index contributed by atoms with van der Waals surface area (Å²) in [6, 6.07) is 11.4. The summed E-state index contributed by atoms with van der Waals surface area (Å²) in [6.45, 7) is 11.7. The van der Waals surface area contributed by atoms with Gasteiger partial charge in [0.15, 0.2) is 0 Å². The number of hydrogen-bond acceptors (Lipinski definition) is 7. The van der Waals surface area contributed by atoms with Gasteiger partial charge in [0.2, 0.25) is 0 Å². The number of piperidine rings is 1. The molecule has 0 aliphatic carbocycles. The van der Waals surface area contributed by atoms with Crippen LogP contribution in [0.1, 0.15) is 57.4 Å². The highest BCUT2D eigenvalue weighted by molar-refractivity contribution is 6.31. The van der Waals surface area contributed by atoms with Crippen molar-refractivity contribution in [1.29, 1.82) is 0 Å². The van der Waals surface area contributed by atoms with E-state index in [4.69, 9.17) is 26.1 Å². The molecule has 1 aliphatic rings. The summed E-state index contributed by atoms with van der Waals surface area (Å²) >= 11 is 6.26. The molecule has 0 spiro atoms. The van der Waals surface area contributed by atoms with Crippen LogP contribution in [0.15, 0.2) is 48.8 Å². The summed E-state index contributed by atoms with van der Waals surface area (Å²) in [4.78, 5) is 24.5. The zero-order chi connectivity index (χ0) is 28.2. The van der Waals surface area contributed by atoms with E-state index in [2.05, 4.69) is 23.7 Å². The Morgan fingerprint density at radius 2 is 1.82 bits per heavy atom. The van der Waals surface area contributed by atoms with Crippen molar-refractivity contribution < 1.29 is 19.4 Å². The number of hydrogen-bond donors (Lipinski definition) is 1. The van der Waals surface area contributed by atoms with Crippen molar-refractivity contribution in [1.82, 2.24) is 9.97 Å². The number of benzene rings is 1. The second-order valence-electron chi connectivity index (χ2n) is 11.6. The largest absolute Gasteiger partial charge is 0.487 e. The van der Waals surface area contributed by atoms with Gasteiger partial charge < -0.3 is 19.5 Å². The average molecular weight is 552 g/mol. The minimum Gasteiger partial charge on any atom is -0.487 e. The van der Waals surface area contributed by atoms with E-state index in [-0.39, 0.29) is 18.4 Å². The van der Waals surface area contributed by atoms with Gasteiger partial charge in [0.1, 0.15) is 19.0 Å². The van der Waals surface area contributed by atoms with Gasteiger partial charge in [-0.05, 0) is 57.2 Å². The number of halogens is 1. The third kappa shape index (κ3) is 7.70. The molecular weight excluding hydrogens is 514 g/mol. The minimum absolute atomic E-state index is 0.0665. The van der Waals surface area contributed by atoms with Crippen molar-refractivity contribution in [3.8, 4) is 17.0 Å². The van der Waals surface area contributed by atoms with Gasteiger partial charge in [-0.25, -0.2) is 0 Å². The minimum atomic E-state index is -1.09. The molecule has 3 aromatic rings. The van der Waals surface area contributed by atoms with E-state index < -0.39 is 11.6 Å². The Hall–Kier alpha value is -3.16. The van der Waals surface area contributed by atoms with Gasteiger partial charge in [0.05, 0.1) is 29.6 Å². The number of rotatable bonds is 9. The number of aliphatic hydroxyl groups is 1. The normalized spacial score (nSPS) is 15.2. The van der Waals surface area contributed by atoms with Crippen LogP contribution in [0.5, 0.6) is 5.75 Å². The fourth-order valence-electron chi connectivity index (χ4n) is 4.58. The Labute approximate surface area is 236 Å². The molecule has 3 heterocycles. The van der Waals surface area contributed by atoms with Crippen LogP contribution in [0.3, 0.4) is 0 Å². The number of nitrogens with zero attached hydrogens (tertiary/aromatic N) is 3. The first-order valence-corrected chi connectivity index (χ1v) is 13.7. The van der Waals surface area contributed by atoms with Crippen molar-refractivity contribution in [2.24, 2.45) is 5.41 Å². The maximum atomic E-state index is 12.8. The molecule has 1 saturated heterocycles. The molecule has 0 atom stereocenters. The maximum absolute atomic E-state index is 12.8. The van der Waals surface area contributed by atoms with Crippen molar-refractivity contribution >= 4 is 23.3 Å². The van der Waals surface area contributed by atoms with Crippen LogP contribution in [0.2, 0.25) is 5.02 Å². The summed E-state index contributed by atoms with van der Waals surface area (Å²) < 4.78 is 11.3. The molecule has 0 bridgehead atoms. The zero-order valence-electron chi connectivity index (χ0n) is 23.5. The van der Waals surface area contributed by atoms with Crippen LogP contribution in [-0.2, 0) is 22.6 Å². The predicted octanol–water partition coefficient (Wildman–Crippen LogP) is 6.17. The monoisotopic (exact) mass is 551 g/mol. The van der Waals surface area contributed by atoms with E-state index in [1.165, 1.54) is 0 Å². The molecule has 1 N–H and O–H groups in total. The van der Waals surface area contributed by atoms with E-state index >= 15 is 0 Å². The Bertz CT molecular complexity index is 1290. The number of aryl methyl sites for hydroxylation is 1. The smallest absolute Gasteiger partial charge is 0.310 e. The number of esters is 1. The highest BCUT2D eigenvalue weighted by Gasteiger charge is 2.30. The van der Waals surface area contributed by atoms with Crippen LogP contribution in [0, 0.1) is 12.3 Å². The molecule has 0 radical (unpaired) electrons. The zero-order valence-corrected chi connectivity index (χ0v) is 24.2. The lowest BCUT2D eigenvalue weighted by Gasteiger charge is -2.40. The van der Waals surface area contributed by atoms with Gasteiger partial charge in [0.25, 0.3) is 0 Å². The Morgan fingerprint density at radius 3 is 2.46 bits per heavy atom. The van der Waals surface area contributed by atoms with Crippen molar-refractivity contribution in [3.63, 3.8) is 0 Å². The highest BCUT2D eigenvalue weighted by atomic mass is 35.5. The number of aromatic nitrogens is 2. The summed E-state index contributed by atoms with van der Waals surface area (Å²) in [6.07, 6.45) is 5.68. The molecular formula is C31H38ClN3O4. The van der Waals surface area contributed by atoms with Crippen molar-refractivity contribution in [3.05, 3.63) is 70.6 Å². The average Bonchev–Trinajstić information content (AvgIpc) is 2.88. The predicted molar refractivity (Wildman–Crippen MR) is 154 cm³/mol. The lowest BCUT2D eigenvalue weighted by Crippen LogP contribution is -2.38. The third-order valence-corrected chi connectivity index (χ3v) is 7.44. The van der Waals surface area contributed by atoms with E-state index in [0.29, 0.717) is 17.4 Å². The first-order valence-electron chi connectivity index (χ1n) is 13.4. The molecule has 1 aromatic carbocycles. The summed E-state index contributed by atoms with van der Waals surface area (Å²) in [5.74, 6) is 0.240. The van der Waals surface area contributed by atoms with Gasteiger partial charge in [-0.2, -0.15) is 0 Å². The van der Waals surface area contributed by atoms with E-state index in [0.717, 1.165) is 59.7 Å². The van der Waals surface area contributed by atoms with Crippen LogP contribution in [0.4, 0.5) is 5.69 Å². The van der Waals surface area contributed by atoms with Crippen molar-refractivity contribution in [2.45, 2.75) is 66.1 Å². The third-order valence-electron chi connectivity index (χ3n) is 7.07. The Morgan fingerprint density at radius 1 is 1.10 bits per heavy atom. The molecule has 0 amide bonds.